The van der Waals surface area contributed by atoms with Crippen molar-refractivity contribution in [3.05, 3.63) is 65.1 Å². The highest BCUT2D eigenvalue weighted by Crippen LogP contribution is 2.24. The molecule has 0 spiro atoms. The number of rotatable bonds is 7. The lowest BCUT2D eigenvalue weighted by Crippen LogP contribution is -2.30. The molecule has 1 amide bonds. The Hall–Kier alpha value is -3.49. The largest absolute Gasteiger partial charge is 0.485 e. The quantitative estimate of drug-likeness (QED) is 0.656. The first-order chi connectivity index (χ1) is 13.8. The van der Waals surface area contributed by atoms with Crippen LogP contribution >= 0.6 is 0 Å². The standard InChI is InChI=1S/C20H19F2N3O4/c1-12-18(20(28)24(2)10-8-17(26)27)25-9-4-7-16(19(25)23-12)29-11-13-14(21)5-3-6-15(13)22/h3-7,9H,8,10-11H2,1-2H3,(H,26,27). The summed E-state index contributed by atoms with van der Waals surface area (Å²) in [4.78, 5) is 29.2. The number of halogens is 2. The van der Waals surface area contributed by atoms with Crippen LogP contribution in [0.25, 0.3) is 5.65 Å². The second-order valence-electron chi connectivity index (χ2n) is 6.47. The number of hydrogen-bond donors (Lipinski definition) is 1. The van der Waals surface area contributed by atoms with Gasteiger partial charge in [0, 0.05) is 19.8 Å². The lowest BCUT2D eigenvalue weighted by molar-refractivity contribution is -0.137. The van der Waals surface area contributed by atoms with Gasteiger partial charge in [-0.25, -0.2) is 13.8 Å². The summed E-state index contributed by atoms with van der Waals surface area (Å²) >= 11 is 0. The molecule has 2 heterocycles. The molecule has 29 heavy (non-hydrogen) atoms. The van der Waals surface area contributed by atoms with Gasteiger partial charge in [0.1, 0.15) is 23.9 Å². The van der Waals surface area contributed by atoms with E-state index in [0.717, 1.165) is 12.1 Å². The van der Waals surface area contributed by atoms with E-state index in [1.54, 1.807) is 25.3 Å². The number of carbonyl (C=O) groups excluding carboxylic acids is 1. The summed E-state index contributed by atoms with van der Waals surface area (Å²) in [5.41, 5.74) is 0.792. The Morgan fingerprint density at radius 3 is 2.55 bits per heavy atom. The normalized spacial score (nSPS) is 10.9. The van der Waals surface area contributed by atoms with Crippen LogP contribution in [0.4, 0.5) is 8.78 Å². The van der Waals surface area contributed by atoms with Crippen LogP contribution in [0.2, 0.25) is 0 Å². The Balaban J connectivity index is 1.89. The Bertz CT molecular complexity index is 1060. The van der Waals surface area contributed by atoms with Crippen molar-refractivity contribution in [1.82, 2.24) is 14.3 Å². The number of aryl methyl sites for hydroxylation is 1. The van der Waals surface area contributed by atoms with Crippen molar-refractivity contribution in [2.45, 2.75) is 20.0 Å². The van der Waals surface area contributed by atoms with E-state index in [4.69, 9.17) is 9.84 Å². The van der Waals surface area contributed by atoms with Crippen LogP contribution < -0.4 is 4.74 Å². The molecule has 7 nitrogen and oxygen atoms in total. The van der Waals surface area contributed by atoms with Gasteiger partial charge in [-0.1, -0.05) is 6.07 Å². The lowest BCUT2D eigenvalue weighted by atomic mass is 10.2. The average Bonchev–Trinajstić information content (AvgIpc) is 3.01. The SMILES string of the molecule is Cc1nc2c(OCc3c(F)cccc3F)cccn2c1C(=O)N(C)CCC(=O)O. The van der Waals surface area contributed by atoms with Crippen molar-refractivity contribution < 1.29 is 28.2 Å². The summed E-state index contributed by atoms with van der Waals surface area (Å²) in [5, 5.41) is 8.80. The van der Waals surface area contributed by atoms with Crippen molar-refractivity contribution in [1.29, 1.82) is 0 Å². The van der Waals surface area contributed by atoms with Crippen molar-refractivity contribution in [3.63, 3.8) is 0 Å². The third-order valence-electron chi connectivity index (χ3n) is 4.43. The first-order valence-corrected chi connectivity index (χ1v) is 8.80. The Morgan fingerprint density at radius 1 is 1.21 bits per heavy atom. The molecule has 0 fully saturated rings. The minimum absolute atomic E-state index is 0.0452. The molecular formula is C20H19F2N3O4. The van der Waals surface area contributed by atoms with E-state index in [1.807, 2.05) is 0 Å². The van der Waals surface area contributed by atoms with E-state index < -0.39 is 23.5 Å². The molecule has 1 N–H and O–H groups in total. The highest BCUT2D eigenvalue weighted by molar-refractivity contribution is 5.95. The fraction of sp³-hybridized carbons (Fsp3) is 0.250. The topological polar surface area (TPSA) is 84.1 Å². The molecule has 0 atom stereocenters. The van der Waals surface area contributed by atoms with E-state index in [2.05, 4.69) is 4.98 Å². The zero-order chi connectivity index (χ0) is 21.1. The number of carboxylic acids is 1. The molecule has 152 valence electrons. The van der Waals surface area contributed by atoms with Crippen molar-refractivity contribution in [2.75, 3.05) is 13.6 Å². The first kappa shape index (κ1) is 20.2. The molecule has 2 aromatic heterocycles. The molecule has 3 rings (SSSR count). The smallest absolute Gasteiger partial charge is 0.305 e. The average molecular weight is 403 g/mol. The predicted molar refractivity (Wildman–Crippen MR) is 99.8 cm³/mol. The van der Waals surface area contributed by atoms with Crippen LogP contribution in [-0.4, -0.2) is 44.9 Å². The van der Waals surface area contributed by atoms with Gasteiger partial charge >= 0.3 is 5.97 Å². The molecule has 1 aromatic carbocycles. The maximum Gasteiger partial charge on any atom is 0.305 e. The monoisotopic (exact) mass is 403 g/mol. The minimum atomic E-state index is -1.00. The number of imidazole rings is 1. The Morgan fingerprint density at radius 2 is 1.90 bits per heavy atom. The minimum Gasteiger partial charge on any atom is -0.485 e. The maximum absolute atomic E-state index is 13.8. The second-order valence-corrected chi connectivity index (χ2v) is 6.47. The molecule has 0 aliphatic carbocycles. The number of aromatic nitrogens is 2. The van der Waals surface area contributed by atoms with Gasteiger partial charge < -0.3 is 14.7 Å². The molecule has 0 aliphatic heterocycles. The molecule has 9 heteroatoms. The fourth-order valence-corrected chi connectivity index (χ4v) is 2.89. The van der Waals surface area contributed by atoms with Crippen molar-refractivity contribution in [3.8, 4) is 5.75 Å². The summed E-state index contributed by atoms with van der Waals surface area (Å²) in [7, 11) is 1.51. The van der Waals surface area contributed by atoms with Gasteiger partial charge in [0.05, 0.1) is 17.7 Å². The zero-order valence-electron chi connectivity index (χ0n) is 15.9. The fourth-order valence-electron chi connectivity index (χ4n) is 2.89. The number of benzene rings is 1. The number of aliphatic carboxylic acids is 1. The highest BCUT2D eigenvalue weighted by atomic mass is 19.1. The van der Waals surface area contributed by atoms with E-state index in [1.165, 1.54) is 22.4 Å². The third kappa shape index (κ3) is 4.18. The van der Waals surface area contributed by atoms with Gasteiger partial charge in [-0.3, -0.25) is 14.0 Å². The summed E-state index contributed by atoms with van der Waals surface area (Å²) in [6.45, 7) is 1.35. The number of carbonyl (C=O) groups is 2. The zero-order valence-corrected chi connectivity index (χ0v) is 15.9. The highest BCUT2D eigenvalue weighted by Gasteiger charge is 2.22. The van der Waals surface area contributed by atoms with E-state index in [0.29, 0.717) is 11.3 Å². The van der Waals surface area contributed by atoms with Gasteiger partial charge in [-0.05, 0) is 31.2 Å². The van der Waals surface area contributed by atoms with Gasteiger partial charge in [-0.15, -0.1) is 0 Å². The van der Waals surface area contributed by atoms with E-state index in [-0.39, 0.29) is 36.6 Å². The van der Waals surface area contributed by atoms with Crippen LogP contribution in [0.15, 0.2) is 36.5 Å². The number of nitrogens with zero attached hydrogens (tertiary/aromatic N) is 3. The number of amides is 1. The summed E-state index contributed by atoms with van der Waals surface area (Å²) in [6, 6.07) is 6.77. The van der Waals surface area contributed by atoms with Crippen molar-refractivity contribution in [2.24, 2.45) is 0 Å². The van der Waals surface area contributed by atoms with Crippen LogP contribution in [0.3, 0.4) is 0 Å². The number of fused-ring (bicyclic) bond motifs is 1. The Labute approximate surface area is 165 Å². The summed E-state index contributed by atoms with van der Waals surface area (Å²) in [6.07, 6.45) is 1.44. The van der Waals surface area contributed by atoms with Crippen molar-refractivity contribution >= 4 is 17.5 Å². The molecule has 0 saturated carbocycles. The van der Waals surface area contributed by atoms with Crippen LogP contribution in [0.1, 0.15) is 28.2 Å². The molecule has 0 radical (unpaired) electrons. The third-order valence-corrected chi connectivity index (χ3v) is 4.43. The Kier molecular flexibility index (Phi) is 5.76. The number of carboxylic acid groups (broad SMARTS) is 1. The second kappa shape index (κ2) is 8.26. The number of ether oxygens (including phenoxy) is 1. The summed E-state index contributed by atoms with van der Waals surface area (Å²) < 4.78 is 34.8. The van der Waals surface area contributed by atoms with Gasteiger partial charge in [0.25, 0.3) is 5.91 Å². The molecule has 0 unspecified atom stereocenters. The van der Waals surface area contributed by atoms with Gasteiger partial charge in [0.15, 0.2) is 11.4 Å². The molecule has 0 aliphatic rings. The van der Waals surface area contributed by atoms with Crippen LogP contribution in [0, 0.1) is 18.6 Å². The van der Waals surface area contributed by atoms with Gasteiger partial charge in [0.2, 0.25) is 0 Å². The summed E-state index contributed by atoms with van der Waals surface area (Å²) in [5.74, 6) is -2.57. The predicted octanol–water partition coefficient (Wildman–Crippen LogP) is 3.05. The van der Waals surface area contributed by atoms with E-state index in [9.17, 15) is 18.4 Å². The van der Waals surface area contributed by atoms with Crippen LogP contribution in [0.5, 0.6) is 5.75 Å². The molecule has 3 aromatic rings. The van der Waals surface area contributed by atoms with Gasteiger partial charge in [-0.2, -0.15) is 0 Å². The number of hydrogen-bond acceptors (Lipinski definition) is 4. The number of pyridine rings is 1. The molecular weight excluding hydrogens is 384 g/mol. The molecule has 0 saturated heterocycles. The van der Waals surface area contributed by atoms with E-state index >= 15 is 0 Å². The molecule has 0 bridgehead atoms. The lowest BCUT2D eigenvalue weighted by Gasteiger charge is -2.16. The first-order valence-electron chi connectivity index (χ1n) is 8.80. The maximum atomic E-state index is 13.8. The van der Waals surface area contributed by atoms with Crippen LogP contribution in [-0.2, 0) is 11.4 Å².